The van der Waals surface area contributed by atoms with Gasteiger partial charge < -0.3 is 9.80 Å². The monoisotopic (exact) mass is 362 g/mol. The zero-order valence-corrected chi connectivity index (χ0v) is 15.5. The number of hydrogen-bond donors (Lipinski definition) is 0. The number of nitrogens with zero attached hydrogens (tertiary/aromatic N) is 2. The molecule has 3 rings (SSSR count). The Morgan fingerprint density at radius 2 is 1.64 bits per heavy atom. The van der Waals surface area contributed by atoms with Gasteiger partial charge >= 0.3 is 0 Å². The van der Waals surface area contributed by atoms with E-state index < -0.39 is 0 Å². The average Bonchev–Trinajstić information content (AvgIpc) is 3.16. The molecule has 136 valence electrons. The number of piperidine rings is 1. The van der Waals surface area contributed by atoms with Crippen LogP contribution in [0.2, 0.25) is 5.02 Å². The lowest BCUT2D eigenvalue weighted by atomic mass is 9.92. The van der Waals surface area contributed by atoms with Crippen molar-refractivity contribution in [1.82, 2.24) is 9.80 Å². The molecule has 1 aromatic carbocycles. The molecule has 5 heteroatoms. The summed E-state index contributed by atoms with van der Waals surface area (Å²) in [5.74, 6) is 0.925. The SMILES string of the molecule is O=C(CC[C@@H]1CCCN(C(=O)Cc2ccc(Cl)cc2)C1)N1CCCC1. The second-order valence-corrected chi connectivity index (χ2v) is 7.71. The van der Waals surface area contributed by atoms with Crippen LogP contribution < -0.4 is 0 Å². The summed E-state index contributed by atoms with van der Waals surface area (Å²) in [5.41, 5.74) is 1.00. The van der Waals surface area contributed by atoms with Crippen molar-refractivity contribution < 1.29 is 9.59 Å². The summed E-state index contributed by atoms with van der Waals surface area (Å²) in [4.78, 5) is 28.7. The maximum absolute atomic E-state index is 12.6. The summed E-state index contributed by atoms with van der Waals surface area (Å²) < 4.78 is 0. The predicted molar refractivity (Wildman–Crippen MR) is 99.5 cm³/mol. The van der Waals surface area contributed by atoms with Crippen molar-refractivity contribution in [3.63, 3.8) is 0 Å². The van der Waals surface area contributed by atoms with Crippen LogP contribution in [0.3, 0.4) is 0 Å². The Hall–Kier alpha value is -1.55. The quantitative estimate of drug-likeness (QED) is 0.804. The average molecular weight is 363 g/mol. The van der Waals surface area contributed by atoms with Gasteiger partial charge in [-0.05, 0) is 55.7 Å². The zero-order chi connectivity index (χ0) is 17.6. The molecule has 2 amide bonds. The van der Waals surface area contributed by atoms with Gasteiger partial charge in [0, 0.05) is 37.6 Å². The molecule has 2 aliphatic heterocycles. The first-order valence-corrected chi connectivity index (χ1v) is 9.79. The van der Waals surface area contributed by atoms with E-state index in [-0.39, 0.29) is 5.91 Å². The number of halogens is 1. The van der Waals surface area contributed by atoms with Crippen LogP contribution in [-0.4, -0.2) is 47.8 Å². The minimum atomic E-state index is 0.179. The first kappa shape index (κ1) is 18.2. The van der Waals surface area contributed by atoms with Gasteiger partial charge in [0.2, 0.25) is 11.8 Å². The molecule has 2 saturated heterocycles. The van der Waals surface area contributed by atoms with Gasteiger partial charge in [-0.2, -0.15) is 0 Å². The standard InChI is InChI=1S/C20H27ClN2O2/c21-18-8-5-16(6-9-18)14-20(25)23-13-3-4-17(15-23)7-10-19(24)22-11-1-2-12-22/h5-6,8-9,17H,1-4,7,10-15H2/t17-/m0/s1. The van der Waals surface area contributed by atoms with Gasteiger partial charge in [-0.3, -0.25) is 9.59 Å². The molecule has 0 spiro atoms. The maximum Gasteiger partial charge on any atom is 0.226 e. The van der Waals surface area contributed by atoms with Gasteiger partial charge in [-0.15, -0.1) is 0 Å². The Labute approximate surface area is 155 Å². The third kappa shape index (κ3) is 5.21. The Bertz CT molecular complexity index is 596. The molecule has 0 radical (unpaired) electrons. The molecule has 1 atom stereocenters. The lowest BCUT2D eigenvalue weighted by molar-refractivity contribution is -0.132. The highest BCUT2D eigenvalue weighted by Crippen LogP contribution is 2.23. The molecule has 0 aromatic heterocycles. The number of hydrogen-bond acceptors (Lipinski definition) is 2. The third-order valence-electron chi connectivity index (χ3n) is 5.37. The molecule has 2 aliphatic rings. The third-order valence-corrected chi connectivity index (χ3v) is 5.62. The van der Waals surface area contributed by atoms with Crippen molar-refractivity contribution in [2.24, 2.45) is 5.92 Å². The van der Waals surface area contributed by atoms with Gasteiger partial charge in [0.15, 0.2) is 0 Å². The molecule has 0 unspecified atom stereocenters. The highest BCUT2D eigenvalue weighted by Gasteiger charge is 2.25. The van der Waals surface area contributed by atoms with E-state index in [0.29, 0.717) is 29.7 Å². The van der Waals surface area contributed by atoms with Gasteiger partial charge in [-0.25, -0.2) is 0 Å². The summed E-state index contributed by atoms with van der Waals surface area (Å²) >= 11 is 5.90. The van der Waals surface area contributed by atoms with Crippen molar-refractivity contribution in [2.75, 3.05) is 26.2 Å². The molecule has 4 nitrogen and oxygen atoms in total. The highest BCUT2D eigenvalue weighted by atomic mass is 35.5. The lowest BCUT2D eigenvalue weighted by Gasteiger charge is -2.33. The Morgan fingerprint density at radius 1 is 0.960 bits per heavy atom. The van der Waals surface area contributed by atoms with Crippen molar-refractivity contribution in [1.29, 1.82) is 0 Å². The summed E-state index contributed by atoms with van der Waals surface area (Å²) in [6, 6.07) is 7.48. The molecule has 2 fully saturated rings. The minimum Gasteiger partial charge on any atom is -0.343 e. The smallest absolute Gasteiger partial charge is 0.226 e. The van der Waals surface area contributed by atoms with Crippen LogP contribution in [0.15, 0.2) is 24.3 Å². The molecule has 1 aromatic rings. The fourth-order valence-electron chi connectivity index (χ4n) is 3.87. The number of carbonyl (C=O) groups is 2. The topological polar surface area (TPSA) is 40.6 Å². The van der Waals surface area contributed by atoms with Crippen molar-refractivity contribution in [3.05, 3.63) is 34.9 Å². The number of amides is 2. The van der Waals surface area contributed by atoms with Crippen LogP contribution in [-0.2, 0) is 16.0 Å². The van der Waals surface area contributed by atoms with E-state index in [1.807, 2.05) is 34.1 Å². The molecule has 0 saturated carbocycles. The van der Waals surface area contributed by atoms with Crippen molar-refractivity contribution in [2.45, 2.75) is 44.9 Å². The van der Waals surface area contributed by atoms with Crippen LogP contribution in [0.1, 0.15) is 44.1 Å². The van der Waals surface area contributed by atoms with Gasteiger partial charge in [0.25, 0.3) is 0 Å². The normalized spacial score (nSPS) is 20.8. The van der Waals surface area contributed by atoms with E-state index >= 15 is 0 Å². The van der Waals surface area contributed by atoms with Gasteiger partial charge in [0.05, 0.1) is 6.42 Å². The van der Waals surface area contributed by atoms with E-state index in [9.17, 15) is 9.59 Å². The molecular weight excluding hydrogens is 336 g/mol. The first-order chi connectivity index (χ1) is 12.1. The van der Waals surface area contributed by atoms with Crippen LogP contribution in [0.25, 0.3) is 0 Å². The summed E-state index contributed by atoms with van der Waals surface area (Å²) in [7, 11) is 0. The molecule has 0 bridgehead atoms. The summed E-state index contributed by atoms with van der Waals surface area (Å²) in [6.07, 6.45) is 6.40. The number of rotatable bonds is 5. The fourth-order valence-corrected chi connectivity index (χ4v) is 3.99. The van der Waals surface area contributed by atoms with Crippen molar-refractivity contribution in [3.8, 4) is 0 Å². The van der Waals surface area contributed by atoms with Crippen LogP contribution in [0.5, 0.6) is 0 Å². The fraction of sp³-hybridized carbons (Fsp3) is 0.600. The Balaban J connectivity index is 1.46. The predicted octanol–water partition coefficient (Wildman–Crippen LogP) is 3.52. The van der Waals surface area contributed by atoms with Gasteiger partial charge in [-0.1, -0.05) is 23.7 Å². The molecule has 0 N–H and O–H groups in total. The van der Waals surface area contributed by atoms with Gasteiger partial charge in [0.1, 0.15) is 0 Å². The van der Waals surface area contributed by atoms with E-state index in [4.69, 9.17) is 11.6 Å². The highest BCUT2D eigenvalue weighted by molar-refractivity contribution is 6.30. The lowest BCUT2D eigenvalue weighted by Crippen LogP contribution is -2.41. The molecule has 2 heterocycles. The minimum absolute atomic E-state index is 0.179. The number of carbonyl (C=O) groups excluding carboxylic acids is 2. The second-order valence-electron chi connectivity index (χ2n) is 7.28. The van der Waals surface area contributed by atoms with E-state index in [1.165, 1.54) is 0 Å². The van der Waals surface area contributed by atoms with E-state index in [1.54, 1.807) is 0 Å². The van der Waals surface area contributed by atoms with Crippen LogP contribution >= 0.6 is 11.6 Å². The zero-order valence-electron chi connectivity index (χ0n) is 14.8. The Morgan fingerprint density at radius 3 is 2.36 bits per heavy atom. The maximum atomic E-state index is 12.6. The van der Waals surface area contributed by atoms with Crippen LogP contribution in [0.4, 0.5) is 0 Å². The van der Waals surface area contributed by atoms with E-state index in [2.05, 4.69) is 0 Å². The number of benzene rings is 1. The summed E-state index contributed by atoms with van der Waals surface area (Å²) in [5, 5.41) is 0.692. The van der Waals surface area contributed by atoms with E-state index in [0.717, 1.165) is 63.8 Å². The second kappa shape index (κ2) is 8.70. The molecule has 25 heavy (non-hydrogen) atoms. The molecular formula is C20H27ClN2O2. The summed E-state index contributed by atoms with van der Waals surface area (Å²) in [6.45, 7) is 3.48. The van der Waals surface area contributed by atoms with Crippen LogP contribution in [0, 0.1) is 5.92 Å². The molecule has 0 aliphatic carbocycles. The number of likely N-dealkylation sites (tertiary alicyclic amines) is 2. The Kier molecular flexibility index (Phi) is 6.35. The first-order valence-electron chi connectivity index (χ1n) is 9.42. The largest absolute Gasteiger partial charge is 0.343 e. The van der Waals surface area contributed by atoms with Crippen molar-refractivity contribution >= 4 is 23.4 Å².